The van der Waals surface area contributed by atoms with Crippen LogP contribution in [0.3, 0.4) is 0 Å². The van der Waals surface area contributed by atoms with Gasteiger partial charge < -0.3 is 37.9 Å². The lowest BCUT2D eigenvalue weighted by Gasteiger charge is -2.17. The summed E-state index contributed by atoms with van der Waals surface area (Å²) in [5, 5.41) is 0. The summed E-state index contributed by atoms with van der Waals surface area (Å²) in [6.45, 7) is 0.0421. The molecular formula is C37H34O10. The van der Waals surface area contributed by atoms with Crippen LogP contribution >= 0.6 is 0 Å². The fraction of sp³-hybridized carbons (Fsp3) is 0.297. The number of Topliss-reactive ketones (excluding diaryl/α,β-unsaturated/α-hetero) is 2. The molecule has 0 unspecified atom stereocenters. The molecule has 0 bridgehead atoms. The SMILES string of the molecule is COc1cc([C@@H]2CC[C@H](c3ccc(OCC(=O)c4ccc5c(c4)OCO5)c(OC)c3)C2)ccc1OCC(=O)c1ccc2c(c1)OCO2. The summed E-state index contributed by atoms with van der Waals surface area (Å²) < 4.78 is 44.5. The van der Waals surface area contributed by atoms with Gasteiger partial charge in [0.1, 0.15) is 0 Å². The van der Waals surface area contributed by atoms with Crippen molar-refractivity contribution in [1.29, 1.82) is 0 Å². The number of methoxy groups -OCH3 is 2. The average molecular weight is 639 g/mol. The number of fused-ring (bicyclic) bond motifs is 2. The Labute approximate surface area is 272 Å². The number of ketones is 2. The number of hydrogen-bond acceptors (Lipinski definition) is 10. The van der Waals surface area contributed by atoms with E-state index in [4.69, 9.17) is 37.9 Å². The number of ether oxygens (including phenoxy) is 8. The van der Waals surface area contributed by atoms with E-state index in [1.807, 2.05) is 36.4 Å². The summed E-state index contributed by atoms with van der Waals surface area (Å²) >= 11 is 0. The minimum atomic E-state index is -0.170. The fourth-order valence-electron chi connectivity index (χ4n) is 6.29. The summed E-state index contributed by atoms with van der Waals surface area (Å²) in [5.41, 5.74) is 3.31. The normalized spacial score (nSPS) is 17.3. The molecule has 10 heteroatoms. The standard InChI is InChI=1S/C37H34O10/c1-40-34-14-24(5-9-30(34)42-18-28(38)26-7-11-32-36(16-26)46-20-44-32)22-3-4-23(13-22)25-6-10-31(35(15-25)41-2)43-19-29(39)27-8-12-33-37(17-27)47-21-45-33/h5-12,14-17,22-23H,3-4,13,18-21H2,1-2H3/t22-,23+. The van der Waals surface area contributed by atoms with E-state index >= 15 is 0 Å². The second-order valence-electron chi connectivity index (χ2n) is 11.6. The Morgan fingerprint density at radius 2 is 1.02 bits per heavy atom. The molecule has 4 aromatic carbocycles. The smallest absolute Gasteiger partial charge is 0.231 e. The third-order valence-corrected chi connectivity index (χ3v) is 8.86. The lowest BCUT2D eigenvalue weighted by molar-refractivity contribution is 0.0912. The molecule has 47 heavy (non-hydrogen) atoms. The Hall–Kier alpha value is -5.38. The van der Waals surface area contributed by atoms with Gasteiger partial charge in [0, 0.05) is 11.1 Å². The number of rotatable bonds is 12. The molecule has 3 aliphatic rings. The molecule has 2 atom stereocenters. The highest BCUT2D eigenvalue weighted by Crippen LogP contribution is 2.46. The van der Waals surface area contributed by atoms with Gasteiger partial charge in [-0.2, -0.15) is 0 Å². The molecule has 0 radical (unpaired) electrons. The van der Waals surface area contributed by atoms with Gasteiger partial charge in [-0.05, 0) is 103 Å². The highest BCUT2D eigenvalue weighted by atomic mass is 16.7. The van der Waals surface area contributed by atoms with Crippen molar-refractivity contribution in [3.63, 3.8) is 0 Å². The number of carbonyl (C=O) groups is 2. The van der Waals surface area contributed by atoms with E-state index in [9.17, 15) is 9.59 Å². The molecule has 0 amide bonds. The quantitative estimate of drug-likeness (QED) is 0.155. The van der Waals surface area contributed by atoms with Crippen LogP contribution < -0.4 is 37.9 Å². The van der Waals surface area contributed by atoms with E-state index in [-0.39, 0.29) is 38.4 Å². The van der Waals surface area contributed by atoms with Crippen LogP contribution in [0, 0.1) is 0 Å². The zero-order valence-electron chi connectivity index (χ0n) is 26.1. The Balaban J connectivity index is 0.960. The zero-order chi connectivity index (χ0) is 32.3. The first kappa shape index (κ1) is 30.3. The monoisotopic (exact) mass is 638 g/mol. The molecule has 2 heterocycles. The van der Waals surface area contributed by atoms with Crippen LogP contribution in [-0.2, 0) is 0 Å². The number of hydrogen-bond donors (Lipinski definition) is 0. The molecule has 2 aliphatic heterocycles. The lowest BCUT2D eigenvalue weighted by atomic mass is 9.92. The number of benzene rings is 4. The first-order valence-electron chi connectivity index (χ1n) is 15.5. The molecule has 1 aliphatic carbocycles. The second-order valence-corrected chi connectivity index (χ2v) is 11.6. The molecule has 10 nitrogen and oxygen atoms in total. The molecule has 7 rings (SSSR count). The van der Waals surface area contributed by atoms with Gasteiger partial charge in [-0.3, -0.25) is 9.59 Å². The summed E-state index contributed by atoms with van der Waals surface area (Å²) in [4.78, 5) is 25.6. The third kappa shape index (κ3) is 6.36. The molecular weight excluding hydrogens is 604 g/mol. The van der Waals surface area contributed by atoms with Gasteiger partial charge in [-0.15, -0.1) is 0 Å². The molecule has 4 aromatic rings. The van der Waals surface area contributed by atoms with Crippen LogP contribution in [0.25, 0.3) is 0 Å². The van der Waals surface area contributed by atoms with Crippen molar-refractivity contribution in [1.82, 2.24) is 0 Å². The predicted molar refractivity (Wildman–Crippen MR) is 170 cm³/mol. The van der Waals surface area contributed by atoms with Crippen LogP contribution in [0.5, 0.6) is 46.0 Å². The summed E-state index contributed by atoms with van der Waals surface area (Å²) in [7, 11) is 3.20. The van der Waals surface area contributed by atoms with Crippen LogP contribution in [-0.4, -0.2) is 52.6 Å². The van der Waals surface area contributed by atoms with Crippen molar-refractivity contribution in [3.8, 4) is 46.0 Å². The van der Waals surface area contributed by atoms with E-state index in [1.165, 1.54) is 0 Å². The lowest BCUT2D eigenvalue weighted by Crippen LogP contribution is -2.12. The molecule has 1 fully saturated rings. The van der Waals surface area contributed by atoms with E-state index in [0.717, 1.165) is 30.4 Å². The van der Waals surface area contributed by atoms with Crippen molar-refractivity contribution < 1.29 is 47.5 Å². The maximum atomic E-state index is 12.8. The van der Waals surface area contributed by atoms with E-state index in [1.54, 1.807) is 50.6 Å². The molecule has 0 saturated heterocycles. The summed E-state index contributed by atoms with van der Waals surface area (Å²) in [6, 6.07) is 22.0. The average Bonchev–Trinajstić information content (AvgIpc) is 3.90. The molecule has 0 spiro atoms. The van der Waals surface area contributed by atoms with Gasteiger partial charge >= 0.3 is 0 Å². The van der Waals surface area contributed by atoms with Gasteiger partial charge in [0.15, 0.2) is 70.8 Å². The Bertz CT molecular complexity index is 1680. The maximum Gasteiger partial charge on any atom is 0.231 e. The topological polar surface area (TPSA) is 108 Å². The van der Waals surface area contributed by atoms with Crippen LogP contribution in [0.15, 0.2) is 72.8 Å². The Kier molecular flexibility index (Phi) is 8.48. The van der Waals surface area contributed by atoms with Crippen molar-refractivity contribution in [2.75, 3.05) is 41.0 Å². The van der Waals surface area contributed by atoms with Crippen LogP contribution in [0.4, 0.5) is 0 Å². The Morgan fingerprint density at radius 3 is 1.47 bits per heavy atom. The Morgan fingerprint density at radius 1 is 0.574 bits per heavy atom. The van der Waals surface area contributed by atoms with Gasteiger partial charge in [0.25, 0.3) is 0 Å². The summed E-state index contributed by atoms with van der Waals surface area (Å²) in [6.07, 6.45) is 2.99. The first-order valence-corrected chi connectivity index (χ1v) is 15.5. The minimum absolute atomic E-state index is 0.130. The maximum absolute atomic E-state index is 12.8. The molecule has 0 aromatic heterocycles. The largest absolute Gasteiger partial charge is 0.493 e. The van der Waals surface area contributed by atoms with Gasteiger partial charge in [0.2, 0.25) is 13.6 Å². The van der Waals surface area contributed by atoms with Gasteiger partial charge in [0.05, 0.1) is 14.2 Å². The highest BCUT2D eigenvalue weighted by molar-refractivity contribution is 5.98. The zero-order valence-corrected chi connectivity index (χ0v) is 26.1. The molecule has 1 saturated carbocycles. The fourth-order valence-corrected chi connectivity index (χ4v) is 6.29. The van der Waals surface area contributed by atoms with Crippen molar-refractivity contribution >= 4 is 11.6 Å². The second kappa shape index (κ2) is 13.2. The minimum Gasteiger partial charge on any atom is -0.493 e. The predicted octanol–water partition coefficient (Wildman–Crippen LogP) is 6.74. The van der Waals surface area contributed by atoms with Crippen molar-refractivity contribution in [2.24, 2.45) is 0 Å². The molecule has 0 N–H and O–H groups in total. The van der Waals surface area contributed by atoms with Crippen molar-refractivity contribution in [2.45, 2.75) is 31.1 Å². The van der Waals surface area contributed by atoms with E-state index in [0.29, 0.717) is 69.0 Å². The number of carbonyl (C=O) groups excluding carboxylic acids is 2. The van der Waals surface area contributed by atoms with Crippen LogP contribution in [0.2, 0.25) is 0 Å². The third-order valence-electron chi connectivity index (χ3n) is 8.86. The van der Waals surface area contributed by atoms with E-state index < -0.39 is 0 Å². The van der Waals surface area contributed by atoms with Gasteiger partial charge in [-0.1, -0.05) is 12.1 Å². The van der Waals surface area contributed by atoms with Gasteiger partial charge in [-0.25, -0.2) is 0 Å². The molecule has 242 valence electrons. The van der Waals surface area contributed by atoms with Crippen molar-refractivity contribution in [3.05, 3.63) is 95.1 Å². The summed E-state index contributed by atoms with van der Waals surface area (Å²) in [5.74, 6) is 4.89. The first-order chi connectivity index (χ1) is 23.0. The van der Waals surface area contributed by atoms with Crippen LogP contribution in [0.1, 0.15) is 62.9 Å². The highest BCUT2D eigenvalue weighted by Gasteiger charge is 2.29. The van der Waals surface area contributed by atoms with E-state index in [2.05, 4.69) is 0 Å².